The van der Waals surface area contributed by atoms with Crippen LogP contribution in [0.15, 0.2) is 18.2 Å². The van der Waals surface area contributed by atoms with Crippen molar-refractivity contribution in [3.8, 4) is 5.75 Å². The summed E-state index contributed by atoms with van der Waals surface area (Å²) in [5.74, 6) is 4.46. The second kappa shape index (κ2) is 6.48. The molecule has 0 bridgehead atoms. The van der Waals surface area contributed by atoms with Crippen LogP contribution in [0.4, 0.5) is 0 Å². The molecule has 78 valence electrons. The summed E-state index contributed by atoms with van der Waals surface area (Å²) in [6.45, 7) is 1.08. The highest BCUT2D eigenvalue weighted by Gasteiger charge is 1.99. The minimum atomic E-state index is -0.833. The lowest BCUT2D eigenvalue weighted by Crippen LogP contribution is -2.01. The monoisotopic (exact) mass is 237 g/mol. The van der Waals surface area contributed by atoms with E-state index in [1.54, 1.807) is 18.2 Å². The minimum absolute atomic E-state index is 0.412. The first-order chi connectivity index (χ1) is 6.47. The van der Waals surface area contributed by atoms with Gasteiger partial charge in [-0.1, -0.05) is 23.2 Å². The summed E-state index contributed by atoms with van der Waals surface area (Å²) in [6.07, 6.45) is 0. The van der Waals surface area contributed by atoms with E-state index in [2.05, 4.69) is 4.84 Å². The van der Waals surface area contributed by atoms with Gasteiger partial charge >= 0.3 is 0 Å². The normalized spacial score (nSPS) is 8.57. The highest BCUT2D eigenvalue weighted by atomic mass is 35.5. The van der Waals surface area contributed by atoms with Crippen LogP contribution in [0.5, 0.6) is 5.75 Å². The molecule has 0 atom stereocenters. The Morgan fingerprint density at radius 1 is 1.50 bits per heavy atom. The molecule has 0 saturated carbocycles. The zero-order chi connectivity index (χ0) is 11.1. The van der Waals surface area contributed by atoms with Gasteiger partial charge in [-0.2, -0.15) is 5.90 Å². The molecule has 0 spiro atoms. The summed E-state index contributed by atoms with van der Waals surface area (Å²) in [7, 11) is 0. The van der Waals surface area contributed by atoms with Gasteiger partial charge in [-0.3, -0.25) is 4.79 Å². The van der Waals surface area contributed by atoms with Gasteiger partial charge < -0.3 is 9.94 Å². The number of nitrogens with two attached hydrogens (primary N) is 1. The predicted octanol–water partition coefficient (Wildman–Crippen LogP) is 2.34. The second-order valence-electron chi connectivity index (χ2n) is 2.21. The standard InChI is InChI=1S/C6H5Cl2NO.C2H4O2/c7-4-1-2-6(10-9)5(8)3-4;1-2(3)4/h1-3H,9H2;1H3,(H,3,4). The fourth-order valence-corrected chi connectivity index (χ4v) is 1.02. The van der Waals surface area contributed by atoms with Gasteiger partial charge in [0.2, 0.25) is 0 Å². The largest absolute Gasteiger partial charge is 0.481 e. The third-order valence-electron chi connectivity index (χ3n) is 1.02. The Kier molecular flexibility index (Phi) is 6.03. The number of halogens is 2. The first-order valence-electron chi connectivity index (χ1n) is 3.48. The van der Waals surface area contributed by atoms with Crippen LogP contribution < -0.4 is 10.7 Å². The lowest BCUT2D eigenvalue weighted by Gasteiger charge is -1.99. The Morgan fingerprint density at radius 2 is 2.00 bits per heavy atom. The molecule has 0 saturated heterocycles. The Morgan fingerprint density at radius 3 is 2.36 bits per heavy atom. The summed E-state index contributed by atoms with van der Waals surface area (Å²) >= 11 is 11.2. The highest BCUT2D eigenvalue weighted by Crippen LogP contribution is 2.26. The van der Waals surface area contributed by atoms with Gasteiger partial charge in [0, 0.05) is 11.9 Å². The van der Waals surface area contributed by atoms with E-state index in [4.69, 9.17) is 39.0 Å². The number of carbonyl (C=O) groups is 1. The van der Waals surface area contributed by atoms with Crippen molar-refractivity contribution in [1.82, 2.24) is 0 Å². The van der Waals surface area contributed by atoms with E-state index in [-0.39, 0.29) is 0 Å². The molecule has 6 heteroatoms. The molecular weight excluding hydrogens is 229 g/mol. The average Bonchev–Trinajstić information content (AvgIpc) is 2.03. The smallest absolute Gasteiger partial charge is 0.300 e. The number of rotatable bonds is 1. The SMILES string of the molecule is CC(=O)O.NOc1ccc(Cl)cc1Cl. The molecule has 0 aliphatic heterocycles. The van der Waals surface area contributed by atoms with Gasteiger partial charge in [-0.25, -0.2) is 0 Å². The van der Waals surface area contributed by atoms with Gasteiger partial charge in [0.1, 0.15) is 0 Å². The molecule has 3 N–H and O–H groups in total. The maximum Gasteiger partial charge on any atom is 0.300 e. The molecule has 0 amide bonds. The summed E-state index contributed by atoms with van der Waals surface area (Å²) in [5.41, 5.74) is 0. The molecule has 0 unspecified atom stereocenters. The van der Waals surface area contributed by atoms with E-state index in [0.717, 1.165) is 6.92 Å². The molecule has 0 fully saturated rings. The van der Waals surface area contributed by atoms with Crippen molar-refractivity contribution in [2.24, 2.45) is 5.90 Å². The van der Waals surface area contributed by atoms with E-state index in [1.807, 2.05) is 0 Å². The number of hydrogen-bond donors (Lipinski definition) is 2. The minimum Gasteiger partial charge on any atom is -0.481 e. The number of benzene rings is 1. The molecule has 0 aliphatic carbocycles. The fraction of sp³-hybridized carbons (Fsp3) is 0.125. The van der Waals surface area contributed by atoms with Crippen molar-refractivity contribution >= 4 is 29.2 Å². The third-order valence-corrected chi connectivity index (χ3v) is 1.55. The third kappa shape index (κ3) is 5.64. The van der Waals surface area contributed by atoms with Crippen molar-refractivity contribution in [3.63, 3.8) is 0 Å². The summed E-state index contributed by atoms with van der Waals surface area (Å²) < 4.78 is 0. The van der Waals surface area contributed by atoms with Gasteiger partial charge in [-0.15, -0.1) is 0 Å². The topological polar surface area (TPSA) is 72.5 Å². The second-order valence-corrected chi connectivity index (χ2v) is 3.06. The maximum atomic E-state index is 9.00. The van der Waals surface area contributed by atoms with Gasteiger partial charge in [-0.05, 0) is 18.2 Å². The fourth-order valence-electron chi connectivity index (χ4n) is 0.571. The van der Waals surface area contributed by atoms with Crippen molar-refractivity contribution in [2.45, 2.75) is 6.92 Å². The molecule has 1 aromatic rings. The number of carboxylic acid groups (broad SMARTS) is 1. The van der Waals surface area contributed by atoms with Crippen LogP contribution in [0.1, 0.15) is 6.92 Å². The maximum absolute atomic E-state index is 9.00. The van der Waals surface area contributed by atoms with Crippen molar-refractivity contribution in [2.75, 3.05) is 0 Å². The Balaban J connectivity index is 0.000000364. The zero-order valence-electron chi connectivity index (χ0n) is 7.33. The van der Waals surface area contributed by atoms with E-state index in [0.29, 0.717) is 15.8 Å². The molecule has 0 radical (unpaired) electrons. The average molecular weight is 238 g/mol. The summed E-state index contributed by atoms with van der Waals surface area (Å²) in [4.78, 5) is 13.4. The molecule has 1 rings (SSSR count). The van der Waals surface area contributed by atoms with E-state index in [1.165, 1.54) is 0 Å². The summed E-state index contributed by atoms with van der Waals surface area (Å²) in [6, 6.07) is 4.81. The number of aliphatic carboxylic acids is 1. The van der Waals surface area contributed by atoms with Crippen molar-refractivity contribution in [1.29, 1.82) is 0 Å². The quantitative estimate of drug-likeness (QED) is 0.736. The van der Waals surface area contributed by atoms with E-state index in [9.17, 15) is 0 Å². The van der Waals surface area contributed by atoms with Crippen LogP contribution in [-0.2, 0) is 4.79 Å². The first-order valence-corrected chi connectivity index (χ1v) is 4.24. The van der Waals surface area contributed by atoms with Crippen LogP contribution in [0, 0.1) is 0 Å². The van der Waals surface area contributed by atoms with Crippen LogP contribution in [0.2, 0.25) is 10.0 Å². The molecule has 0 aliphatic rings. The van der Waals surface area contributed by atoms with Crippen molar-refractivity contribution < 1.29 is 14.7 Å². The zero-order valence-corrected chi connectivity index (χ0v) is 8.84. The van der Waals surface area contributed by atoms with E-state index < -0.39 is 5.97 Å². The highest BCUT2D eigenvalue weighted by molar-refractivity contribution is 6.35. The van der Waals surface area contributed by atoms with Gasteiger partial charge in [0.25, 0.3) is 5.97 Å². The van der Waals surface area contributed by atoms with Gasteiger partial charge in [0.05, 0.1) is 5.02 Å². The van der Waals surface area contributed by atoms with Crippen LogP contribution in [-0.4, -0.2) is 11.1 Å². The van der Waals surface area contributed by atoms with Crippen LogP contribution in [0.25, 0.3) is 0 Å². The molecular formula is C8H9Cl2NO3. The van der Waals surface area contributed by atoms with Crippen molar-refractivity contribution in [3.05, 3.63) is 28.2 Å². The number of carboxylic acids is 1. The molecule has 4 nitrogen and oxygen atoms in total. The first kappa shape index (κ1) is 13.0. The van der Waals surface area contributed by atoms with E-state index >= 15 is 0 Å². The lowest BCUT2D eigenvalue weighted by atomic mass is 10.3. The Hall–Kier alpha value is -0.970. The molecule has 0 aromatic heterocycles. The Labute approximate surface area is 91.1 Å². The molecule has 0 heterocycles. The Bertz CT molecular complexity index is 313. The molecule has 14 heavy (non-hydrogen) atoms. The molecule has 1 aromatic carbocycles. The number of hydrogen-bond acceptors (Lipinski definition) is 3. The van der Waals surface area contributed by atoms with Crippen LogP contribution >= 0.6 is 23.2 Å². The van der Waals surface area contributed by atoms with Gasteiger partial charge in [0.15, 0.2) is 5.75 Å². The summed E-state index contributed by atoms with van der Waals surface area (Å²) in [5, 5.41) is 8.39. The van der Waals surface area contributed by atoms with Crippen LogP contribution in [0.3, 0.4) is 0 Å². The predicted molar refractivity (Wildman–Crippen MR) is 54.6 cm³/mol. The lowest BCUT2D eigenvalue weighted by molar-refractivity contribution is -0.134.